The summed E-state index contributed by atoms with van der Waals surface area (Å²) < 4.78 is 0. The molecule has 108 valence electrons. The topological polar surface area (TPSA) is 23.5 Å². The minimum absolute atomic E-state index is 0.116. The van der Waals surface area contributed by atoms with Crippen molar-refractivity contribution in [2.45, 2.75) is 13.1 Å². The Bertz CT molecular complexity index is 640. The summed E-state index contributed by atoms with van der Waals surface area (Å²) in [6, 6.07) is 15.9. The van der Waals surface area contributed by atoms with Gasteiger partial charge in [-0.2, -0.15) is 0 Å². The zero-order chi connectivity index (χ0) is 15.1. The van der Waals surface area contributed by atoms with E-state index in [4.69, 9.17) is 16.7 Å². The highest BCUT2D eigenvalue weighted by atomic mass is 35.5. The highest BCUT2D eigenvalue weighted by Gasteiger charge is 2.05. The van der Waals surface area contributed by atoms with E-state index in [1.54, 1.807) is 0 Å². The van der Waals surface area contributed by atoms with Gasteiger partial charge in [-0.1, -0.05) is 53.8 Å². The summed E-state index contributed by atoms with van der Waals surface area (Å²) in [5, 5.41) is 9.58. The number of hydrogen-bond acceptors (Lipinski definition) is 2. The summed E-state index contributed by atoms with van der Waals surface area (Å²) >= 11 is 5.90. The molecule has 0 aliphatic rings. The van der Waals surface area contributed by atoms with Crippen LogP contribution in [0.4, 0.5) is 0 Å². The number of halogens is 1. The van der Waals surface area contributed by atoms with Crippen LogP contribution >= 0.6 is 11.6 Å². The third-order valence-corrected chi connectivity index (χ3v) is 3.38. The van der Waals surface area contributed by atoms with E-state index in [1.807, 2.05) is 42.5 Å². The van der Waals surface area contributed by atoms with E-state index in [0.29, 0.717) is 0 Å². The van der Waals surface area contributed by atoms with Gasteiger partial charge in [-0.15, -0.1) is 0 Å². The summed E-state index contributed by atoms with van der Waals surface area (Å²) in [6.07, 6.45) is 0. The summed E-state index contributed by atoms with van der Waals surface area (Å²) in [7, 11) is 2.07. The Morgan fingerprint density at radius 1 is 1.05 bits per heavy atom. The van der Waals surface area contributed by atoms with E-state index in [1.165, 1.54) is 5.56 Å². The summed E-state index contributed by atoms with van der Waals surface area (Å²) in [5.41, 5.74) is 3.35. The lowest BCUT2D eigenvalue weighted by molar-refractivity contribution is 0.319. The molecule has 0 atom stereocenters. The van der Waals surface area contributed by atoms with Gasteiger partial charge in [0.05, 0.1) is 0 Å². The van der Waals surface area contributed by atoms with E-state index >= 15 is 0 Å². The van der Waals surface area contributed by atoms with Crippen LogP contribution in [0.15, 0.2) is 48.5 Å². The van der Waals surface area contributed by atoms with Crippen LogP contribution in [0.5, 0.6) is 0 Å². The van der Waals surface area contributed by atoms with E-state index in [0.717, 1.165) is 29.2 Å². The zero-order valence-corrected chi connectivity index (χ0v) is 12.8. The van der Waals surface area contributed by atoms with Crippen molar-refractivity contribution < 1.29 is 5.11 Å². The third-order valence-electron chi connectivity index (χ3n) is 3.13. The molecule has 1 N–H and O–H groups in total. The molecule has 2 nitrogen and oxygen atoms in total. The van der Waals surface area contributed by atoms with Crippen LogP contribution in [0.1, 0.15) is 16.7 Å². The van der Waals surface area contributed by atoms with Gasteiger partial charge in [0, 0.05) is 23.7 Å². The molecule has 0 fully saturated rings. The normalized spacial score (nSPS) is 10.3. The predicted octanol–water partition coefficient (Wildman–Crippen LogP) is 3.32. The molecule has 0 radical (unpaired) electrons. The highest BCUT2D eigenvalue weighted by molar-refractivity contribution is 6.30. The molecule has 2 rings (SSSR count). The summed E-state index contributed by atoms with van der Waals surface area (Å²) in [6.45, 7) is 1.53. The molecule has 0 amide bonds. The molecule has 0 unspecified atom stereocenters. The first-order chi connectivity index (χ1) is 10.2. The molecule has 0 aliphatic carbocycles. The van der Waals surface area contributed by atoms with Crippen molar-refractivity contribution in [3.05, 3.63) is 70.2 Å². The van der Waals surface area contributed by atoms with Gasteiger partial charge in [0.1, 0.15) is 6.61 Å². The average Bonchev–Trinajstić information content (AvgIpc) is 2.49. The Morgan fingerprint density at radius 3 is 2.48 bits per heavy atom. The first kappa shape index (κ1) is 15.6. The molecule has 3 heteroatoms. The molecule has 0 aliphatic heterocycles. The van der Waals surface area contributed by atoms with Crippen LogP contribution in [0.2, 0.25) is 5.02 Å². The Balaban J connectivity index is 2.05. The van der Waals surface area contributed by atoms with Crippen LogP contribution in [-0.4, -0.2) is 23.7 Å². The number of benzene rings is 2. The van der Waals surface area contributed by atoms with Gasteiger partial charge >= 0.3 is 0 Å². The number of rotatable bonds is 4. The van der Waals surface area contributed by atoms with Crippen LogP contribution in [0, 0.1) is 11.8 Å². The van der Waals surface area contributed by atoms with Crippen molar-refractivity contribution in [3.63, 3.8) is 0 Å². The molecular weight excluding hydrogens is 282 g/mol. The number of nitrogens with zero attached hydrogens (tertiary/aromatic N) is 1. The molecule has 0 aromatic heterocycles. The fraction of sp³-hybridized carbons (Fsp3) is 0.222. The van der Waals surface area contributed by atoms with Crippen molar-refractivity contribution >= 4 is 11.6 Å². The van der Waals surface area contributed by atoms with Gasteiger partial charge < -0.3 is 5.11 Å². The number of aliphatic hydroxyl groups excluding tert-OH is 1. The van der Waals surface area contributed by atoms with E-state index in [2.05, 4.69) is 29.9 Å². The van der Waals surface area contributed by atoms with Crippen LogP contribution in [0.3, 0.4) is 0 Å². The SMILES string of the molecule is CN(Cc1ccc(Cl)cc1)Cc1ccccc1C#CCO. The second-order valence-electron chi connectivity index (χ2n) is 4.92. The maximum absolute atomic E-state index is 8.82. The number of hydrogen-bond donors (Lipinski definition) is 1. The molecular formula is C18H18ClNO. The van der Waals surface area contributed by atoms with E-state index in [-0.39, 0.29) is 6.61 Å². The van der Waals surface area contributed by atoms with Crippen LogP contribution in [-0.2, 0) is 13.1 Å². The first-order valence-electron chi connectivity index (χ1n) is 6.79. The van der Waals surface area contributed by atoms with Gasteiger partial charge in [0.25, 0.3) is 0 Å². The van der Waals surface area contributed by atoms with Crippen molar-refractivity contribution in [2.24, 2.45) is 0 Å². The summed E-state index contributed by atoms with van der Waals surface area (Å²) in [5.74, 6) is 5.70. The van der Waals surface area contributed by atoms with Crippen molar-refractivity contribution in [1.82, 2.24) is 4.90 Å². The summed E-state index contributed by atoms with van der Waals surface area (Å²) in [4.78, 5) is 2.22. The molecule has 2 aromatic rings. The van der Waals surface area contributed by atoms with Crippen molar-refractivity contribution in [3.8, 4) is 11.8 Å². The smallest absolute Gasteiger partial charge is 0.104 e. The number of aliphatic hydroxyl groups is 1. The van der Waals surface area contributed by atoms with Gasteiger partial charge in [-0.3, -0.25) is 4.90 Å². The monoisotopic (exact) mass is 299 g/mol. The lowest BCUT2D eigenvalue weighted by atomic mass is 10.1. The van der Waals surface area contributed by atoms with Crippen molar-refractivity contribution in [1.29, 1.82) is 0 Å². The molecule has 2 aromatic carbocycles. The Hall–Kier alpha value is -1.79. The minimum Gasteiger partial charge on any atom is -0.384 e. The lowest BCUT2D eigenvalue weighted by Gasteiger charge is -2.17. The molecule has 0 spiro atoms. The second kappa shape index (κ2) is 7.85. The Kier molecular flexibility index (Phi) is 5.83. The van der Waals surface area contributed by atoms with Crippen LogP contribution < -0.4 is 0 Å². The first-order valence-corrected chi connectivity index (χ1v) is 7.17. The third kappa shape index (κ3) is 4.91. The molecule has 0 heterocycles. The van der Waals surface area contributed by atoms with Gasteiger partial charge in [0.15, 0.2) is 0 Å². The molecule has 0 saturated carbocycles. The maximum atomic E-state index is 8.82. The second-order valence-corrected chi connectivity index (χ2v) is 5.35. The predicted molar refractivity (Wildman–Crippen MR) is 87.0 cm³/mol. The fourth-order valence-electron chi connectivity index (χ4n) is 2.16. The molecule has 21 heavy (non-hydrogen) atoms. The standard InChI is InChI=1S/C18H18ClNO/c1-20(13-15-8-10-18(19)11-9-15)14-17-6-3-2-5-16(17)7-4-12-21/h2-3,5-6,8-11,21H,12-14H2,1H3. The van der Waals surface area contributed by atoms with Gasteiger partial charge in [-0.25, -0.2) is 0 Å². The van der Waals surface area contributed by atoms with Gasteiger partial charge in [0.2, 0.25) is 0 Å². The highest BCUT2D eigenvalue weighted by Crippen LogP contribution is 2.14. The Labute approximate surface area is 131 Å². The van der Waals surface area contributed by atoms with Crippen molar-refractivity contribution in [2.75, 3.05) is 13.7 Å². The quantitative estimate of drug-likeness (QED) is 0.876. The van der Waals surface area contributed by atoms with E-state index < -0.39 is 0 Å². The zero-order valence-electron chi connectivity index (χ0n) is 12.0. The Morgan fingerprint density at radius 2 is 1.76 bits per heavy atom. The fourth-order valence-corrected chi connectivity index (χ4v) is 2.29. The average molecular weight is 300 g/mol. The molecule has 0 bridgehead atoms. The van der Waals surface area contributed by atoms with Gasteiger partial charge in [-0.05, 0) is 36.4 Å². The largest absolute Gasteiger partial charge is 0.384 e. The lowest BCUT2D eigenvalue weighted by Crippen LogP contribution is -2.17. The van der Waals surface area contributed by atoms with Crippen LogP contribution in [0.25, 0.3) is 0 Å². The van der Waals surface area contributed by atoms with E-state index in [9.17, 15) is 0 Å². The maximum Gasteiger partial charge on any atom is 0.104 e. The minimum atomic E-state index is -0.116. The molecule has 0 saturated heterocycles.